The highest BCUT2D eigenvalue weighted by atomic mass is 16.6. The minimum Gasteiger partial charge on any atom is -0.358 e. The average molecular weight is 127 g/mol. The molecule has 48 valence electrons. The number of hydrogen-bond acceptors (Lipinski definition) is 4. The first-order valence-corrected chi connectivity index (χ1v) is 2.31. The molecule has 0 aliphatic carbocycles. The van der Waals surface area contributed by atoms with E-state index in [1.807, 2.05) is 0 Å². The lowest BCUT2D eigenvalue weighted by molar-refractivity contribution is -0.430. The van der Waals surface area contributed by atoms with Crippen LogP contribution in [-0.2, 0) is 0 Å². The Morgan fingerprint density at radius 2 is 2.67 bits per heavy atom. The van der Waals surface area contributed by atoms with Crippen molar-refractivity contribution < 1.29 is 4.92 Å². The Bertz CT molecular complexity index is 165. The monoisotopic (exact) mass is 127 g/mol. The first kappa shape index (κ1) is 5.87. The third-order valence-electron chi connectivity index (χ3n) is 0.873. The zero-order valence-electron chi connectivity index (χ0n) is 4.79. The highest BCUT2D eigenvalue weighted by molar-refractivity contribution is 4.99. The van der Waals surface area contributed by atoms with E-state index in [0.29, 0.717) is 0 Å². The van der Waals surface area contributed by atoms with Crippen LogP contribution in [-0.4, -0.2) is 16.9 Å². The van der Waals surface area contributed by atoms with Crippen LogP contribution in [0.3, 0.4) is 0 Å². The predicted molar refractivity (Wildman–Crippen MR) is 29.2 cm³/mol. The molecule has 0 bridgehead atoms. The number of hydrogen-bond donors (Lipinski definition) is 1. The molecule has 0 spiro atoms. The van der Waals surface area contributed by atoms with E-state index in [1.54, 1.807) is 7.05 Å². The summed E-state index contributed by atoms with van der Waals surface area (Å²) in [4.78, 5) is 10.9. The highest BCUT2D eigenvalue weighted by Gasteiger charge is 2.18. The van der Waals surface area contributed by atoms with E-state index in [4.69, 9.17) is 0 Å². The second-order valence-electron chi connectivity index (χ2n) is 1.62. The molecule has 1 N–H and O–H groups in total. The van der Waals surface area contributed by atoms with Gasteiger partial charge < -0.3 is 15.0 Å². The number of nitrogens with zero attached hydrogens (tertiary/aromatic N) is 2. The largest absolute Gasteiger partial charge is 0.358 e. The maximum Gasteiger partial charge on any atom is 0.334 e. The SMILES string of the molecule is CN1[C]NC([N+](=O)[O-])=C1. The van der Waals surface area contributed by atoms with Crippen LogP contribution < -0.4 is 5.32 Å². The molecule has 0 amide bonds. The first-order valence-electron chi connectivity index (χ1n) is 2.31. The Morgan fingerprint density at radius 3 is 2.89 bits per heavy atom. The molecule has 0 atom stereocenters. The van der Waals surface area contributed by atoms with Crippen molar-refractivity contribution in [1.29, 1.82) is 0 Å². The summed E-state index contributed by atoms with van der Waals surface area (Å²) in [5.41, 5.74) is 0. The van der Waals surface area contributed by atoms with Gasteiger partial charge in [0.2, 0.25) is 0 Å². The molecule has 0 saturated carbocycles. The highest BCUT2D eigenvalue weighted by Crippen LogP contribution is 2.02. The molecule has 0 aromatic heterocycles. The lowest BCUT2D eigenvalue weighted by Crippen LogP contribution is -2.13. The minimum atomic E-state index is -0.503. The summed E-state index contributed by atoms with van der Waals surface area (Å²) < 4.78 is 0. The fourth-order valence-electron chi connectivity index (χ4n) is 0.486. The van der Waals surface area contributed by atoms with Gasteiger partial charge in [-0.3, -0.25) is 0 Å². The van der Waals surface area contributed by atoms with Crippen LogP contribution in [0.25, 0.3) is 0 Å². The van der Waals surface area contributed by atoms with E-state index in [9.17, 15) is 10.1 Å². The normalized spacial score (nSPS) is 17.0. The maximum atomic E-state index is 9.96. The fraction of sp³-hybridized carbons (Fsp3) is 0.250. The van der Waals surface area contributed by atoms with Crippen molar-refractivity contribution in [2.75, 3.05) is 7.05 Å². The summed E-state index contributed by atoms with van der Waals surface area (Å²) >= 11 is 0. The van der Waals surface area contributed by atoms with Gasteiger partial charge in [0.05, 0.1) is 6.20 Å². The molecule has 0 unspecified atom stereocenters. The van der Waals surface area contributed by atoms with Crippen molar-refractivity contribution >= 4 is 0 Å². The Labute approximate surface area is 52.1 Å². The van der Waals surface area contributed by atoms with Gasteiger partial charge in [-0.05, 0) is 4.92 Å². The number of rotatable bonds is 1. The average Bonchev–Trinajstić information content (AvgIpc) is 2.14. The minimum absolute atomic E-state index is 0.0440. The van der Waals surface area contributed by atoms with Gasteiger partial charge in [0.15, 0.2) is 0 Å². The molecule has 0 saturated heterocycles. The Kier molecular flexibility index (Phi) is 1.26. The van der Waals surface area contributed by atoms with Crippen LogP contribution in [0.2, 0.25) is 0 Å². The third kappa shape index (κ3) is 1.10. The van der Waals surface area contributed by atoms with Crippen molar-refractivity contribution in [1.82, 2.24) is 10.2 Å². The van der Waals surface area contributed by atoms with Crippen LogP contribution in [0.4, 0.5) is 0 Å². The maximum absolute atomic E-state index is 9.96. The van der Waals surface area contributed by atoms with Gasteiger partial charge in [-0.1, -0.05) is 0 Å². The molecule has 1 rings (SSSR count). The lowest BCUT2D eigenvalue weighted by atomic mass is 10.8. The Hall–Kier alpha value is -1.26. The zero-order chi connectivity index (χ0) is 6.85. The Balaban J connectivity index is 2.62. The third-order valence-corrected chi connectivity index (χ3v) is 0.873. The van der Waals surface area contributed by atoms with Crippen molar-refractivity contribution in [2.45, 2.75) is 0 Å². The summed E-state index contributed by atoms with van der Waals surface area (Å²) in [5.74, 6) is -0.0440. The smallest absolute Gasteiger partial charge is 0.334 e. The second kappa shape index (κ2) is 1.93. The summed E-state index contributed by atoms with van der Waals surface area (Å²) in [5, 5.41) is 12.3. The zero-order valence-corrected chi connectivity index (χ0v) is 4.79. The van der Waals surface area contributed by atoms with Gasteiger partial charge in [-0.25, -0.2) is 5.32 Å². The van der Waals surface area contributed by atoms with Crippen LogP contribution in [0, 0.1) is 16.8 Å². The van der Waals surface area contributed by atoms with E-state index in [1.165, 1.54) is 11.1 Å². The van der Waals surface area contributed by atoms with Gasteiger partial charge in [-0.2, -0.15) is 0 Å². The van der Waals surface area contributed by atoms with Crippen molar-refractivity contribution in [3.05, 3.63) is 28.8 Å². The van der Waals surface area contributed by atoms with Crippen LogP contribution in [0.5, 0.6) is 0 Å². The Morgan fingerprint density at radius 1 is 2.00 bits per heavy atom. The van der Waals surface area contributed by atoms with Crippen molar-refractivity contribution in [3.63, 3.8) is 0 Å². The van der Waals surface area contributed by atoms with Crippen molar-refractivity contribution in [2.24, 2.45) is 0 Å². The second-order valence-corrected chi connectivity index (χ2v) is 1.62. The molecule has 0 aromatic carbocycles. The standard InChI is InChI=1S/C4H5N3O2/c1-6-2-4(5-3-6)7(8)9/h2,5H,1H3. The molecule has 2 radical (unpaired) electrons. The van der Waals surface area contributed by atoms with Gasteiger partial charge in [0.1, 0.15) is 0 Å². The molecule has 1 aliphatic rings. The molecule has 1 heterocycles. The van der Waals surface area contributed by atoms with Gasteiger partial charge in [-0.15, -0.1) is 0 Å². The van der Waals surface area contributed by atoms with E-state index in [2.05, 4.69) is 12.0 Å². The summed E-state index contributed by atoms with van der Waals surface area (Å²) in [6.07, 6.45) is 1.35. The van der Waals surface area contributed by atoms with Crippen molar-refractivity contribution in [3.8, 4) is 0 Å². The lowest BCUT2D eigenvalue weighted by Gasteiger charge is -1.93. The molecule has 0 fully saturated rings. The molecule has 9 heavy (non-hydrogen) atoms. The number of nitro groups is 1. The molecule has 5 nitrogen and oxygen atoms in total. The van der Waals surface area contributed by atoms with Gasteiger partial charge in [0, 0.05) is 7.05 Å². The van der Waals surface area contributed by atoms with E-state index in [-0.39, 0.29) is 5.82 Å². The number of nitrogens with one attached hydrogen (secondary N) is 1. The summed E-state index contributed by atoms with van der Waals surface area (Å²) in [6.45, 7) is 2.50. The molecule has 5 heteroatoms. The predicted octanol–water partition coefficient (Wildman–Crippen LogP) is -0.407. The van der Waals surface area contributed by atoms with Crippen LogP contribution in [0.15, 0.2) is 12.0 Å². The molecule has 1 aliphatic heterocycles. The molecule has 0 aromatic rings. The van der Waals surface area contributed by atoms with E-state index < -0.39 is 4.92 Å². The van der Waals surface area contributed by atoms with Gasteiger partial charge in [0.25, 0.3) is 0 Å². The topological polar surface area (TPSA) is 58.4 Å². The van der Waals surface area contributed by atoms with E-state index >= 15 is 0 Å². The van der Waals surface area contributed by atoms with E-state index in [0.717, 1.165) is 0 Å². The van der Waals surface area contributed by atoms with Crippen LogP contribution in [0.1, 0.15) is 0 Å². The molecular formula is C4H5N3O2. The first-order chi connectivity index (χ1) is 4.20. The summed E-state index contributed by atoms with van der Waals surface area (Å²) in [6, 6.07) is 0. The fourth-order valence-corrected chi connectivity index (χ4v) is 0.486. The van der Waals surface area contributed by atoms with Gasteiger partial charge >= 0.3 is 12.5 Å². The molecular weight excluding hydrogens is 122 g/mol. The summed E-state index contributed by atoms with van der Waals surface area (Å²) in [7, 11) is 1.66. The van der Waals surface area contributed by atoms with Crippen LogP contribution >= 0.6 is 0 Å². The quantitative estimate of drug-likeness (QED) is 0.384.